The molecule has 120 valence electrons. The van der Waals surface area contributed by atoms with Crippen LogP contribution < -0.4 is 0 Å². The van der Waals surface area contributed by atoms with Crippen LogP contribution in [0.1, 0.15) is 38.7 Å². The van der Waals surface area contributed by atoms with Crippen molar-refractivity contribution in [2.24, 2.45) is 5.92 Å². The summed E-state index contributed by atoms with van der Waals surface area (Å²) in [4.78, 5) is 37.3. The van der Waals surface area contributed by atoms with Gasteiger partial charge in [-0.05, 0) is 44.2 Å². The molecule has 0 spiro atoms. The number of ether oxygens (including phenoxy) is 1. The number of carbonyl (C=O) groups excluding carboxylic acids is 3. The molecule has 1 aromatic rings. The predicted molar refractivity (Wildman–Crippen MR) is 87.1 cm³/mol. The monoisotopic (exact) mass is 322 g/mol. The fourth-order valence-corrected chi connectivity index (χ4v) is 2.79. The molecule has 0 aliphatic heterocycles. The summed E-state index contributed by atoms with van der Waals surface area (Å²) in [7, 11) is 0. The Bertz CT molecular complexity index is 553. The second-order valence-electron chi connectivity index (χ2n) is 5.12. The molecule has 1 aromatic carbocycles. The second kappa shape index (κ2) is 8.73. The topological polar surface area (TPSA) is 60.4 Å². The van der Waals surface area contributed by atoms with Gasteiger partial charge in [-0.25, -0.2) is 0 Å². The van der Waals surface area contributed by atoms with E-state index in [2.05, 4.69) is 0 Å². The van der Waals surface area contributed by atoms with E-state index < -0.39 is 17.8 Å². The van der Waals surface area contributed by atoms with Crippen molar-refractivity contribution in [3.8, 4) is 0 Å². The number of carbonyl (C=O) groups is 3. The summed E-state index contributed by atoms with van der Waals surface area (Å²) in [6.07, 6.45) is 2.60. The predicted octanol–water partition coefficient (Wildman–Crippen LogP) is 3.24. The summed E-state index contributed by atoms with van der Waals surface area (Å²) in [6, 6.07) is 7.36. The number of esters is 1. The second-order valence-corrected chi connectivity index (χ2v) is 6.00. The summed E-state index contributed by atoms with van der Waals surface area (Å²) in [5, 5.41) is 0. The molecular formula is C17H22O4S. The molecule has 4 nitrogen and oxygen atoms in total. The summed E-state index contributed by atoms with van der Waals surface area (Å²) in [5.41, 5.74) is 0.674. The van der Waals surface area contributed by atoms with Crippen LogP contribution in [-0.4, -0.2) is 30.4 Å². The van der Waals surface area contributed by atoms with Crippen molar-refractivity contribution < 1.29 is 19.1 Å². The third-order valence-electron chi connectivity index (χ3n) is 3.36. The van der Waals surface area contributed by atoms with Crippen LogP contribution in [0.4, 0.5) is 0 Å². The van der Waals surface area contributed by atoms with Crippen LogP contribution in [-0.2, 0) is 19.1 Å². The maximum Gasteiger partial charge on any atom is 0.317 e. The Morgan fingerprint density at radius 2 is 1.86 bits per heavy atom. The Balaban J connectivity index is 3.21. The van der Waals surface area contributed by atoms with E-state index in [-0.39, 0.29) is 18.2 Å². The van der Waals surface area contributed by atoms with Gasteiger partial charge in [-0.1, -0.05) is 19.1 Å². The lowest BCUT2D eigenvalue weighted by atomic mass is 9.81. The molecule has 0 aliphatic rings. The lowest BCUT2D eigenvalue weighted by Crippen LogP contribution is -2.34. The molecule has 0 amide bonds. The number of rotatable bonds is 8. The molecular weight excluding hydrogens is 300 g/mol. The van der Waals surface area contributed by atoms with Gasteiger partial charge < -0.3 is 4.74 Å². The van der Waals surface area contributed by atoms with E-state index in [9.17, 15) is 14.4 Å². The molecule has 0 heterocycles. The van der Waals surface area contributed by atoms with Gasteiger partial charge in [0.15, 0.2) is 0 Å². The zero-order valence-corrected chi connectivity index (χ0v) is 14.2. The molecule has 5 heteroatoms. The minimum absolute atomic E-state index is 0.216. The fraction of sp³-hybridized carbons (Fsp3) is 0.471. The van der Waals surface area contributed by atoms with Crippen molar-refractivity contribution in [2.75, 3.05) is 12.9 Å². The van der Waals surface area contributed by atoms with E-state index in [0.29, 0.717) is 12.0 Å². The third-order valence-corrected chi connectivity index (χ3v) is 4.09. The first-order valence-corrected chi connectivity index (χ1v) is 8.46. The Hall–Kier alpha value is -1.62. The molecule has 2 unspecified atom stereocenters. The highest BCUT2D eigenvalue weighted by atomic mass is 32.2. The fourth-order valence-electron chi connectivity index (χ4n) is 2.33. The van der Waals surface area contributed by atoms with Crippen molar-refractivity contribution in [3.63, 3.8) is 0 Å². The average Bonchev–Trinajstić information content (AvgIpc) is 2.49. The van der Waals surface area contributed by atoms with Gasteiger partial charge >= 0.3 is 5.97 Å². The molecule has 0 aliphatic carbocycles. The standard InChI is InChI=1S/C17H22O4S/c1-5-9-21-17(20)16(12(3)19)15(11(2)18)13-7-6-8-14(10-13)22-4/h6-8,10,15-16H,5,9H2,1-4H3. The molecule has 2 atom stereocenters. The number of hydrogen-bond donors (Lipinski definition) is 0. The van der Waals surface area contributed by atoms with E-state index in [4.69, 9.17) is 4.74 Å². The Morgan fingerprint density at radius 1 is 1.18 bits per heavy atom. The molecule has 0 fully saturated rings. The van der Waals surface area contributed by atoms with Gasteiger partial charge in [0.05, 0.1) is 12.5 Å². The summed E-state index contributed by atoms with van der Waals surface area (Å²) in [5.74, 6) is -3.07. The quantitative estimate of drug-likeness (QED) is 0.418. The van der Waals surface area contributed by atoms with Gasteiger partial charge in [0.1, 0.15) is 17.5 Å². The van der Waals surface area contributed by atoms with E-state index in [1.165, 1.54) is 13.8 Å². The summed E-state index contributed by atoms with van der Waals surface area (Å²) >= 11 is 1.54. The van der Waals surface area contributed by atoms with Crippen LogP contribution in [0, 0.1) is 5.92 Å². The van der Waals surface area contributed by atoms with Crippen molar-refractivity contribution in [1.29, 1.82) is 0 Å². The first-order chi connectivity index (χ1) is 10.4. The Kier molecular flexibility index (Phi) is 7.32. The van der Waals surface area contributed by atoms with Crippen molar-refractivity contribution >= 4 is 29.3 Å². The van der Waals surface area contributed by atoms with Crippen LogP contribution >= 0.6 is 11.8 Å². The highest BCUT2D eigenvalue weighted by Gasteiger charge is 2.37. The number of benzene rings is 1. The number of Topliss-reactive ketones (excluding diaryl/α,β-unsaturated/α-hetero) is 2. The van der Waals surface area contributed by atoms with E-state index in [1.54, 1.807) is 17.8 Å². The van der Waals surface area contributed by atoms with E-state index in [0.717, 1.165) is 4.90 Å². The Morgan fingerprint density at radius 3 is 2.36 bits per heavy atom. The van der Waals surface area contributed by atoms with Crippen LogP contribution in [0.3, 0.4) is 0 Å². The Labute approximate surface area is 135 Å². The molecule has 0 saturated carbocycles. The molecule has 0 N–H and O–H groups in total. The zero-order valence-electron chi connectivity index (χ0n) is 13.4. The van der Waals surface area contributed by atoms with Gasteiger partial charge in [0, 0.05) is 4.90 Å². The van der Waals surface area contributed by atoms with Crippen LogP contribution in [0.5, 0.6) is 0 Å². The summed E-state index contributed by atoms with van der Waals surface area (Å²) in [6.45, 7) is 4.85. The first-order valence-electron chi connectivity index (χ1n) is 7.23. The number of hydrogen-bond acceptors (Lipinski definition) is 5. The SMILES string of the molecule is CCCOC(=O)C(C(C)=O)C(C(C)=O)c1cccc(SC)c1. The zero-order chi connectivity index (χ0) is 16.7. The van der Waals surface area contributed by atoms with E-state index >= 15 is 0 Å². The van der Waals surface area contributed by atoms with E-state index in [1.807, 2.05) is 31.4 Å². The van der Waals surface area contributed by atoms with Gasteiger partial charge in [-0.3, -0.25) is 14.4 Å². The first kappa shape index (κ1) is 18.4. The molecule has 1 rings (SSSR count). The van der Waals surface area contributed by atoms with Crippen LogP contribution in [0.15, 0.2) is 29.2 Å². The van der Waals surface area contributed by atoms with Gasteiger partial charge in [0.25, 0.3) is 0 Å². The average molecular weight is 322 g/mol. The van der Waals surface area contributed by atoms with Gasteiger partial charge in [0.2, 0.25) is 0 Å². The minimum atomic E-state index is -1.08. The number of ketones is 2. The van der Waals surface area contributed by atoms with Crippen LogP contribution in [0.2, 0.25) is 0 Å². The molecule has 0 radical (unpaired) electrons. The van der Waals surface area contributed by atoms with Gasteiger partial charge in [-0.2, -0.15) is 0 Å². The highest BCUT2D eigenvalue weighted by molar-refractivity contribution is 7.98. The molecule has 0 bridgehead atoms. The highest BCUT2D eigenvalue weighted by Crippen LogP contribution is 2.30. The maximum absolute atomic E-state index is 12.2. The van der Waals surface area contributed by atoms with Crippen molar-refractivity contribution in [2.45, 2.75) is 38.0 Å². The lowest BCUT2D eigenvalue weighted by Gasteiger charge is -2.22. The van der Waals surface area contributed by atoms with Crippen molar-refractivity contribution in [1.82, 2.24) is 0 Å². The summed E-state index contributed by atoms with van der Waals surface area (Å²) < 4.78 is 5.11. The van der Waals surface area contributed by atoms with Crippen LogP contribution in [0.25, 0.3) is 0 Å². The maximum atomic E-state index is 12.2. The third kappa shape index (κ3) is 4.70. The van der Waals surface area contributed by atoms with Crippen molar-refractivity contribution in [3.05, 3.63) is 29.8 Å². The largest absolute Gasteiger partial charge is 0.465 e. The lowest BCUT2D eigenvalue weighted by molar-refractivity contribution is -0.154. The minimum Gasteiger partial charge on any atom is -0.465 e. The smallest absolute Gasteiger partial charge is 0.317 e. The molecule has 22 heavy (non-hydrogen) atoms. The number of thioether (sulfide) groups is 1. The molecule has 0 saturated heterocycles. The van der Waals surface area contributed by atoms with Gasteiger partial charge in [-0.15, -0.1) is 11.8 Å². The molecule has 0 aromatic heterocycles. The normalized spacial score (nSPS) is 13.3.